The Hall–Kier alpha value is -1.46. The monoisotopic (exact) mass is 245 g/mol. The largest absolute Gasteiger partial charge is 0.330 e. The van der Waals surface area contributed by atoms with Crippen molar-refractivity contribution in [3.63, 3.8) is 0 Å². The van der Waals surface area contributed by atoms with Gasteiger partial charge in [-0.05, 0) is 38.7 Å². The molecule has 1 aliphatic heterocycles. The van der Waals surface area contributed by atoms with Gasteiger partial charge in [0.1, 0.15) is 0 Å². The van der Waals surface area contributed by atoms with Crippen LogP contribution in [0.3, 0.4) is 0 Å². The fourth-order valence-corrected chi connectivity index (χ4v) is 2.65. The van der Waals surface area contributed by atoms with Crippen molar-refractivity contribution in [3.8, 4) is 0 Å². The molecule has 1 aliphatic rings. The first kappa shape index (κ1) is 11.6. The van der Waals surface area contributed by atoms with Gasteiger partial charge in [-0.15, -0.1) is 0 Å². The van der Waals surface area contributed by atoms with Gasteiger partial charge in [-0.2, -0.15) is 5.10 Å². The topological polar surface area (TPSA) is 59.5 Å². The molecule has 0 aromatic carbocycles. The molecule has 2 aromatic heterocycles. The van der Waals surface area contributed by atoms with Crippen molar-refractivity contribution < 1.29 is 0 Å². The van der Waals surface area contributed by atoms with Crippen molar-refractivity contribution in [2.45, 2.75) is 18.8 Å². The maximum atomic E-state index is 5.61. The van der Waals surface area contributed by atoms with E-state index in [0.29, 0.717) is 12.5 Å². The lowest BCUT2D eigenvalue weighted by molar-refractivity contribution is 0.410. The lowest BCUT2D eigenvalue weighted by Gasteiger charge is -2.10. The number of likely N-dealkylation sites (tertiary alicyclic amines) is 1. The summed E-state index contributed by atoms with van der Waals surface area (Å²) in [6.07, 6.45) is 3.89. The van der Waals surface area contributed by atoms with Crippen molar-refractivity contribution in [1.29, 1.82) is 0 Å². The Labute approximate surface area is 107 Å². The first-order valence-corrected chi connectivity index (χ1v) is 6.50. The zero-order valence-electron chi connectivity index (χ0n) is 10.7. The first-order valence-electron chi connectivity index (χ1n) is 6.50. The van der Waals surface area contributed by atoms with Gasteiger partial charge >= 0.3 is 0 Å². The molecule has 5 heteroatoms. The minimum atomic E-state index is 0.549. The number of fused-ring (bicyclic) bond motifs is 1. The van der Waals surface area contributed by atoms with Gasteiger partial charge in [0, 0.05) is 18.9 Å². The summed E-state index contributed by atoms with van der Waals surface area (Å²) in [5.74, 6) is 0.549. The summed E-state index contributed by atoms with van der Waals surface area (Å²) in [7, 11) is 2.16. The molecule has 3 rings (SSSR count). The van der Waals surface area contributed by atoms with Crippen LogP contribution in [0.5, 0.6) is 0 Å². The number of aromatic nitrogens is 3. The smallest absolute Gasteiger partial charge is 0.153 e. The van der Waals surface area contributed by atoms with Crippen LogP contribution < -0.4 is 5.73 Å². The molecule has 3 heterocycles. The summed E-state index contributed by atoms with van der Waals surface area (Å²) in [5, 5.41) is 4.74. The molecule has 0 radical (unpaired) electrons. The van der Waals surface area contributed by atoms with Gasteiger partial charge in [-0.3, -0.25) is 0 Å². The number of nitrogens with two attached hydrogens (primary N) is 1. The number of hydrogen-bond donors (Lipinski definition) is 1. The van der Waals surface area contributed by atoms with Crippen LogP contribution in [0.2, 0.25) is 0 Å². The molecule has 1 atom stereocenters. The van der Waals surface area contributed by atoms with E-state index >= 15 is 0 Å². The van der Waals surface area contributed by atoms with Gasteiger partial charge in [0.05, 0.1) is 17.6 Å². The Kier molecular flexibility index (Phi) is 3.01. The third-order valence-corrected chi connectivity index (χ3v) is 3.66. The zero-order chi connectivity index (χ0) is 12.5. The highest BCUT2D eigenvalue weighted by molar-refractivity contribution is 5.39. The van der Waals surface area contributed by atoms with E-state index in [1.54, 1.807) is 0 Å². The molecule has 1 fully saturated rings. The van der Waals surface area contributed by atoms with Crippen molar-refractivity contribution in [1.82, 2.24) is 19.5 Å². The van der Waals surface area contributed by atoms with Crippen molar-refractivity contribution in [2.24, 2.45) is 5.73 Å². The normalized spacial score (nSPS) is 20.9. The second-order valence-corrected chi connectivity index (χ2v) is 5.06. The molecular formula is C13H19N5. The van der Waals surface area contributed by atoms with Gasteiger partial charge in [0.15, 0.2) is 5.65 Å². The van der Waals surface area contributed by atoms with Crippen LogP contribution in [0.15, 0.2) is 18.3 Å². The second kappa shape index (κ2) is 4.66. The second-order valence-electron chi connectivity index (χ2n) is 5.06. The highest BCUT2D eigenvalue weighted by Gasteiger charge is 2.22. The Morgan fingerprint density at radius 1 is 1.44 bits per heavy atom. The van der Waals surface area contributed by atoms with E-state index in [0.717, 1.165) is 30.9 Å². The highest BCUT2D eigenvalue weighted by atomic mass is 15.3. The Bertz CT molecular complexity index is 547. The van der Waals surface area contributed by atoms with Crippen LogP contribution in [0, 0.1) is 0 Å². The fraction of sp³-hybridized carbons (Fsp3) is 0.538. The van der Waals surface area contributed by atoms with E-state index in [1.807, 2.05) is 10.7 Å². The molecule has 1 unspecified atom stereocenters. The third kappa shape index (κ3) is 2.00. The lowest BCUT2D eigenvalue weighted by atomic mass is 10.1. The van der Waals surface area contributed by atoms with Crippen LogP contribution in [-0.4, -0.2) is 46.2 Å². The zero-order valence-corrected chi connectivity index (χ0v) is 10.7. The molecule has 0 spiro atoms. The van der Waals surface area contributed by atoms with Gasteiger partial charge < -0.3 is 10.6 Å². The lowest BCUT2D eigenvalue weighted by Crippen LogP contribution is -2.14. The maximum absolute atomic E-state index is 5.61. The highest BCUT2D eigenvalue weighted by Crippen LogP contribution is 2.24. The number of nitrogens with zero attached hydrogens (tertiary/aromatic N) is 4. The molecule has 0 bridgehead atoms. The molecule has 2 aromatic rings. The van der Waals surface area contributed by atoms with E-state index in [4.69, 9.17) is 10.8 Å². The Balaban J connectivity index is 1.96. The summed E-state index contributed by atoms with van der Waals surface area (Å²) in [4.78, 5) is 6.71. The van der Waals surface area contributed by atoms with Crippen LogP contribution in [-0.2, 0) is 6.42 Å². The minimum absolute atomic E-state index is 0.549. The number of hydrogen-bond acceptors (Lipinski definition) is 4. The van der Waals surface area contributed by atoms with Gasteiger partial charge in [0.25, 0.3) is 0 Å². The van der Waals surface area contributed by atoms with E-state index < -0.39 is 0 Å². The molecule has 18 heavy (non-hydrogen) atoms. The molecule has 2 N–H and O–H groups in total. The van der Waals surface area contributed by atoms with E-state index in [2.05, 4.69) is 29.1 Å². The predicted octanol–water partition coefficient (Wildman–Crippen LogP) is 0.650. The van der Waals surface area contributed by atoms with Gasteiger partial charge in [-0.1, -0.05) is 0 Å². The van der Waals surface area contributed by atoms with E-state index in [-0.39, 0.29) is 0 Å². The van der Waals surface area contributed by atoms with Crippen molar-refractivity contribution in [3.05, 3.63) is 29.7 Å². The molecule has 0 amide bonds. The summed E-state index contributed by atoms with van der Waals surface area (Å²) < 4.78 is 1.94. The maximum Gasteiger partial charge on any atom is 0.153 e. The summed E-state index contributed by atoms with van der Waals surface area (Å²) in [6, 6.07) is 4.17. The molecule has 0 saturated carbocycles. The molecule has 96 valence electrons. The van der Waals surface area contributed by atoms with E-state index in [1.165, 1.54) is 12.1 Å². The minimum Gasteiger partial charge on any atom is -0.330 e. The fourth-order valence-electron chi connectivity index (χ4n) is 2.65. The molecule has 1 saturated heterocycles. The van der Waals surface area contributed by atoms with Crippen LogP contribution in [0.4, 0.5) is 0 Å². The SMILES string of the molecule is CN1CCC(c2ccc3ncc(CCN)n3n2)C1. The summed E-state index contributed by atoms with van der Waals surface area (Å²) >= 11 is 0. The average Bonchev–Trinajstić information content (AvgIpc) is 2.96. The van der Waals surface area contributed by atoms with Gasteiger partial charge in [0.2, 0.25) is 0 Å². The molecule has 5 nitrogen and oxygen atoms in total. The molecular weight excluding hydrogens is 226 g/mol. The average molecular weight is 245 g/mol. The number of rotatable bonds is 3. The van der Waals surface area contributed by atoms with Gasteiger partial charge in [-0.25, -0.2) is 9.50 Å². The standard InChI is InChI=1S/C13H19N5/c1-17-7-5-10(9-17)12-2-3-13-15-8-11(4-6-14)18(13)16-12/h2-3,8,10H,4-7,9,14H2,1H3. The first-order chi connectivity index (χ1) is 8.78. The summed E-state index contributed by atoms with van der Waals surface area (Å²) in [6.45, 7) is 2.88. The van der Waals surface area contributed by atoms with Crippen LogP contribution in [0.25, 0.3) is 5.65 Å². The number of imidazole rings is 1. The van der Waals surface area contributed by atoms with Crippen molar-refractivity contribution in [2.75, 3.05) is 26.7 Å². The van der Waals surface area contributed by atoms with E-state index in [9.17, 15) is 0 Å². The van der Waals surface area contributed by atoms with Crippen LogP contribution in [0.1, 0.15) is 23.7 Å². The number of likely N-dealkylation sites (N-methyl/N-ethyl adjacent to an activating group) is 1. The predicted molar refractivity (Wildman–Crippen MR) is 70.6 cm³/mol. The van der Waals surface area contributed by atoms with Crippen LogP contribution >= 0.6 is 0 Å². The quantitative estimate of drug-likeness (QED) is 0.862. The Morgan fingerprint density at radius 2 is 2.33 bits per heavy atom. The van der Waals surface area contributed by atoms with Crippen molar-refractivity contribution >= 4 is 5.65 Å². The summed E-state index contributed by atoms with van der Waals surface area (Å²) in [5.41, 5.74) is 8.79. The third-order valence-electron chi connectivity index (χ3n) is 3.66. The molecule has 0 aliphatic carbocycles. The Morgan fingerprint density at radius 3 is 3.06 bits per heavy atom.